The highest BCUT2D eigenvalue weighted by molar-refractivity contribution is 5.94. The van der Waals surface area contributed by atoms with E-state index < -0.39 is 6.10 Å². The van der Waals surface area contributed by atoms with Crippen molar-refractivity contribution in [2.45, 2.75) is 65.5 Å². The number of nitrogens with zero attached hydrogens (tertiary/aromatic N) is 1. The van der Waals surface area contributed by atoms with Gasteiger partial charge in [0, 0.05) is 24.7 Å². The van der Waals surface area contributed by atoms with Crippen LogP contribution in [0, 0.1) is 6.92 Å². The Morgan fingerprint density at radius 3 is 2.33 bits per heavy atom. The summed E-state index contributed by atoms with van der Waals surface area (Å²) in [7, 11) is 0. The average Bonchev–Trinajstić information content (AvgIpc) is 2.81. The number of likely N-dealkylation sites (tertiary alicyclic amines) is 1. The second-order valence-electron chi connectivity index (χ2n) is 8.97. The van der Waals surface area contributed by atoms with E-state index in [0.29, 0.717) is 31.2 Å². The van der Waals surface area contributed by atoms with Crippen molar-refractivity contribution in [1.29, 1.82) is 0 Å². The summed E-state index contributed by atoms with van der Waals surface area (Å²) in [6.45, 7) is 11.8. The van der Waals surface area contributed by atoms with Gasteiger partial charge in [0.05, 0.1) is 6.61 Å². The highest BCUT2D eigenvalue weighted by Crippen LogP contribution is 2.25. The van der Waals surface area contributed by atoms with Gasteiger partial charge in [0.1, 0.15) is 11.5 Å². The number of nitrogens with one attached hydrogen (secondary N) is 1. The largest absolute Gasteiger partial charge is 0.494 e. The quantitative estimate of drug-likeness (QED) is 0.630. The molecule has 1 fully saturated rings. The molecule has 0 bridgehead atoms. The third kappa shape index (κ3) is 6.50. The van der Waals surface area contributed by atoms with Crippen LogP contribution < -0.4 is 14.8 Å². The Morgan fingerprint density at radius 2 is 1.73 bits per heavy atom. The molecule has 1 atom stereocenters. The van der Waals surface area contributed by atoms with Crippen molar-refractivity contribution >= 4 is 11.8 Å². The lowest BCUT2D eigenvalue weighted by Gasteiger charge is -2.33. The Kier molecular flexibility index (Phi) is 8.37. The predicted octanol–water partition coefficient (Wildman–Crippen LogP) is 4.71. The number of piperidine rings is 1. The van der Waals surface area contributed by atoms with E-state index in [9.17, 15) is 9.59 Å². The molecule has 2 amide bonds. The molecule has 6 heteroatoms. The van der Waals surface area contributed by atoms with Crippen LogP contribution in [0.5, 0.6) is 11.5 Å². The number of rotatable bonds is 8. The minimum atomic E-state index is -0.588. The molecule has 2 aromatic carbocycles. The molecule has 3 rings (SSSR count). The Morgan fingerprint density at radius 1 is 1.06 bits per heavy atom. The summed E-state index contributed by atoms with van der Waals surface area (Å²) in [6.07, 6.45) is 0.862. The topological polar surface area (TPSA) is 67.9 Å². The summed E-state index contributed by atoms with van der Waals surface area (Å²) in [5.41, 5.74) is 2.86. The van der Waals surface area contributed by atoms with Gasteiger partial charge in [-0.15, -0.1) is 0 Å². The van der Waals surface area contributed by atoms with E-state index in [1.165, 1.54) is 5.56 Å². The standard InChI is InChI=1S/C27H36N2O4/c1-6-32-24-11-9-21(10-12-24)27(31)29-15-13-23(14-16-29)28-26(30)20(5)33-25-17-22(18(2)3)8-7-19(25)4/h7-12,17-18,20,23H,6,13-16H2,1-5H3,(H,28,30). The third-order valence-corrected chi connectivity index (χ3v) is 6.09. The maximum atomic E-state index is 12.8. The Balaban J connectivity index is 1.49. The van der Waals surface area contributed by atoms with Gasteiger partial charge >= 0.3 is 0 Å². The lowest BCUT2D eigenvalue weighted by atomic mass is 10.0. The zero-order valence-electron chi connectivity index (χ0n) is 20.4. The van der Waals surface area contributed by atoms with Crippen LogP contribution in [-0.2, 0) is 4.79 Å². The van der Waals surface area contributed by atoms with Crippen LogP contribution in [-0.4, -0.2) is 48.6 Å². The minimum absolute atomic E-state index is 0.0139. The molecule has 1 saturated heterocycles. The van der Waals surface area contributed by atoms with E-state index in [2.05, 4.69) is 25.2 Å². The van der Waals surface area contributed by atoms with Crippen molar-refractivity contribution in [3.05, 3.63) is 59.2 Å². The molecule has 0 aromatic heterocycles. The van der Waals surface area contributed by atoms with Gasteiger partial charge in [-0.25, -0.2) is 0 Å². The Bertz CT molecular complexity index is 947. The maximum Gasteiger partial charge on any atom is 0.260 e. The molecule has 1 heterocycles. The second-order valence-corrected chi connectivity index (χ2v) is 8.97. The average molecular weight is 453 g/mol. The number of carbonyl (C=O) groups excluding carboxylic acids is 2. The highest BCUT2D eigenvalue weighted by atomic mass is 16.5. The zero-order chi connectivity index (χ0) is 24.0. The predicted molar refractivity (Wildman–Crippen MR) is 130 cm³/mol. The third-order valence-electron chi connectivity index (χ3n) is 6.09. The van der Waals surface area contributed by atoms with E-state index in [4.69, 9.17) is 9.47 Å². The first-order valence-electron chi connectivity index (χ1n) is 11.9. The van der Waals surface area contributed by atoms with E-state index in [0.717, 1.165) is 29.9 Å². The first-order valence-corrected chi connectivity index (χ1v) is 11.9. The number of hydrogen-bond donors (Lipinski definition) is 1. The molecule has 6 nitrogen and oxygen atoms in total. The molecular weight excluding hydrogens is 416 g/mol. The number of carbonyl (C=O) groups is 2. The maximum absolute atomic E-state index is 12.8. The molecule has 0 spiro atoms. The summed E-state index contributed by atoms with van der Waals surface area (Å²) < 4.78 is 11.4. The number of benzene rings is 2. The number of amides is 2. The van der Waals surface area contributed by atoms with Gasteiger partial charge in [-0.3, -0.25) is 9.59 Å². The van der Waals surface area contributed by atoms with Gasteiger partial charge in [0.15, 0.2) is 6.10 Å². The molecule has 33 heavy (non-hydrogen) atoms. The first kappa shape index (κ1) is 24.6. The molecular formula is C27H36N2O4. The van der Waals surface area contributed by atoms with E-state index in [1.807, 2.05) is 43.0 Å². The van der Waals surface area contributed by atoms with Crippen molar-refractivity contribution in [1.82, 2.24) is 10.2 Å². The van der Waals surface area contributed by atoms with Crippen LogP contribution >= 0.6 is 0 Å². The second kappa shape index (κ2) is 11.2. The molecule has 0 radical (unpaired) electrons. The fraction of sp³-hybridized carbons (Fsp3) is 0.481. The lowest BCUT2D eigenvalue weighted by Crippen LogP contribution is -2.49. The van der Waals surface area contributed by atoms with Crippen molar-refractivity contribution in [2.24, 2.45) is 0 Å². The fourth-order valence-electron chi connectivity index (χ4n) is 3.94. The molecule has 2 aromatic rings. The van der Waals surface area contributed by atoms with Gasteiger partial charge in [0.2, 0.25) is 0 Å². The Labute approximate surface area is 197 Å². The van der Waals surface area contributed by atoms with Gasteiger partial charge in [-0.05, 0) is 81.0 Å². The summed E-state index contributed by atoms with van der Waals surface area (Å²) in [6, 6.07) is 13.4. The SMILES string of the molecule is CCOc1ccc(C(=O)N2CCC(NC(=O)C(C)Oc3cc(C(C)C)ccc3C)CC2)cc1. The molecule has 1 aliphatic heterocycles. The number of ether oxygens (including phenoxy) is 2. The molecule has 1 unspecified atom stereocenters. The van der Waals surface area contributed by atoms with Crippen molar-refractivity contribution in [3.63, 3.8) is 0 Å². The van der Waals surface area contributed by atoms with Crippen LogP contribution in [0.4, 0.5) is 0 Å². The van der Waals surface area contributed by atoms with Gasteiger partial charge in [-0.2, -0.15) is 0 Å². The van der Waals surface area contributed by atoms with Crippen molar-refractivity contribution in [2.75, 3.05) is 19.7 Å². The summed E-state index contributed by atoms with van der Waals surface area (Å²) in [5, 5.41) is 3.10. The monoisotopic (exact) mass is 452 g/mol. The van der Waals surface area contributed by atoms with Gasteiger partial charge in [0.25, 0.3) is 11.8 Å². The fourth-order valence-corrected chi connectivity index (χ4v) is 3.94. The lowest BCUT2D eigenvalue weighted by molar-refractivity contribution is -0.128. The number of aryl methyl sites for hydroxylation is 1. The van der Waals surface area contributed by atoms with Crippen LogP contribution in [0.25, 0.3) is 0 Å². The van der Waals surface area contributed by atoms with Crippen molar-refractivity contribution in [3.8, 4) is 11.5 Å². The van der Waals surface area contributed by atoms with E-state index in [1.54, 1.807) is 19.1 Å². The molecule has 0 saturated carbocycles. The van der Waals surface area contributed by atoms with Gasteiger partial charge < -0.3 is 19.7 Å². The molecule has 0 aliphatic carbocycles. The smallest absolute Gasteiger partial charge is 0.260 e. The molecule has 178 valence electrons. The number of hydrogen-bond acceptors (Lipinski definition) is 4. The summed E-state index contributed by atoms with van der Waals surface area (Å²) in [4.78, 5) is 27.4. The zero-order valence-corrected chi connectivity index (χ0v) is 20.4. The van der Waals surface area contributed by atoms with E-state index in [-0.39, 0.29) is 17.9 Å². The van der Waals surface area contributed by atoms with Crippen LogP contribution in [0.15, 0.2) is 42.5 Å². The van der Waals surface area contributed by atoms with Gasteiger partial charge in [-0.1, -0.05) is 26.0 Å². The minimum Gasteiger partial charge on any atom is -0.494 e. The van der Waals surface area contributed by atoms with Crippen molar-refractivity contribution < 1.29 is 19.1 Å². The van der Waals surface area contributed by atoms with Crippen LogP contribution in [0.1, 0.15) is 67.9 Å². The van der Waals surface area contributed by atoms with E-state index >= 15 is 0 Å². The molecule has 1 aliphatic rings. The van der Waals surface area contributed by atoms with Crippen LogP contribution in [0.2, 0.25) is 0 Å². The Hall–Kier alpha value is -3.02. The first-order chi connectivity index (χ1) is 15.8. The summed E-state index contributed by atoms with van der Waals surface area (Å²) in [5.74, 6) is 1.80. The molecule has 1 N–H and O–H groups in total. The van der Waals surface area contributed by atoms with Crippen LogP contribution in [0.3, 0.4) is 0 Å². The summed E-state index contributed by atoms with van der Waals surface area (Å²) >= 11 is 0. The highest BCUT2D eigenvalue weighted by Gasteiger charge is 2.26. The normalized spacial score (nSPS) is 15.3.